The molecule has 0 aliphatic heterocycles. The SMILES string of the molecule is COc1ccc(CCNC(=O)c2cc3ccc(F)cc3[nH]2)cc1. The predicted octanol–water partition coefficient (Wildman–Crippen LogP) is 3.29. The molecule has 1 aromatic heterocycles. The summed E-state index contributed by atoms with van der Waals surface area (Å²) in [5, 5.41) is 3.67. The number of carbonyl (C=O) groups is 1. The van der Waals surface area contributed by atoms with Crippen LogP contribution in [-0.4, -0.2) is 24.5 Å². The monoisotopic (exact) mass is 312 g/mol. The van der Waals surface area contributed by atoms with Gasteiger partial charge in [0.1, 0.15) is 17.3 Å². The number of carbonyl (C=O) groups excluding carboxylic acids is 1. The predicted molar refractivity (Wildman–Crippen MR) is 87.3 cm³/mol. The Hall–Kier alpha value is -2.82. The Labute approximate surface area is 133 Å². The summed E-state index contributed by atoms with van der Waals surface area (Å²) in [4.78, 5) is 15.1. The molecule has 2 N–H and O–H groups in total. The van der Waals surface area contributed by atoms with Crippen LogP contribution in [0, 0.1) is 5.82 Å². The summed E-state index contributed by atoms with van der Waals surface area (Å²) in [6.45, 7) is 0.523. The van der Waals surface area contributed by atoms with Gasteiger partial charge in [0.05, 0.1) is 7.11 Å². The molecule has 0 saturated carbocycles. The lowest BCUT2D eigenvalue weighted by atomic mass is 10.1. The van der Waals surface area contributed by atoms with E-state index in [1.807, 2.05) is 24.3 Å². The van der Waals surface area contributed by atoms with Crippen LogP contribution in [0.25, 0.3) is 10.9 Å². The van der Waals surface area contributed by atoms with Gasteiger partial charge in [-0.1, -0.05) is 12.1 Å². The largest absolute Gasteiger partial charge is 0.497 e. The number of rotatable bonds is 5. The van der Waals surface area contributed by atoms with Crippen molar-refractivity contribution < 1.29 is 13.9 Å². The highest BCUT2D eigenvalue weighted by atomic mass is 19.1. The summed E-state index contributed by atoms with van der Waals surface area (Å²) in [5.74, 6) is 0.282. The number of aromatic amines is 1. The van der Waals surface area contributed by atoms with E-state index in [4.69, 9.17) is 4.74 Å². The molecule has 5 heteroatoms. The third-order valence-electron chi connectivity index (χ3n) is 3.69. The first-order valence-corrected chi connectivity index (χ1v) is 7.35. The van der Waals surface area contributed by atoms with Crippen LogP contribution in [0.4, 0.5) is 4.39 Å². The van der Waals surface area contributed by atoms with Crippen molar-refractivity contribution in [1.82, 2.24) is 10.3 Å². The van der Waals surface area contributed by atoms with E-state index >= 15 is 0 Å². The molecule has 118 valence electrons. The van der Waals surface area contributed by atoms with E-state index in [2.05, 4.69) is 10.3 Å². The molecule has 4 nitrogen and oxygen atoms in total. The van der Waals surface area contributed by atoms with Gasteiger partial charge >= 0.3 is 0 Å². The number of hydrogen-bond donors (Lipinski definition) is 2. The molecule has 1 heterocycles. The van der Waals surface area contributed by atoms with Crippen LogP contribution in [0.1, 0.15) is 16.1 Å². The van der Waals surface area contributed by atoms with Crippen molar-refractivity contribution in [2.24, 2.45) is 0 Å². The standard InChI is InChI=1S/C18H17FN2O2/c1-23-15-6-2-12(3-7-15)8-9-20-18(22)17-10-13-4-5-14(19)11-16(13)21-17/h2-7,10-11,21H,8-9H2,1H3,(H,20,22). The first-order valence-electron chi connectivity index (χ1n) is 7.35. The number of benzene rings is 2. The first kappa shape index (κ1) is 15.1. The van der Waals surface area contributed by atoms with Crippen LogP contribution < -0.4 is 10.1 Å². The second kappa shape index (κ2) is 6.52. The molecule has 0 atom stereocenters. The van der Waals surface area contributed by atoms with Crippen molar-refractivity contribution in [2.75, 3.05) is 13.7 Å². The van der Waals surface area contributed by atoms with Gasteiger partial charge < -0.3 is 15.0 Å². The van der Waals surface area contributed by atoms with Crippen molar-refractivity contribution in [2.45, 2.75) is 6.42 Å². The highest BCUT2D eigenvalue weighted by Crippen LogP contribution is 2.16. The van der Waals surface area contributed by atoms with Crippen LogP contribution in [0.5, 0.6) is 5.75 Å². The zero-order valence-electron chi connectivity index (χ0n) is 12.7. The van der Waals surface area contributed by atoms with E-state index in [-0.39, 0.29) is 11.7 Å². The van der Waals surface area contributed by atoms with E-state index in [0.717, 1.165) is 23.1 Å². The average molecular weight is 312 g/mol. The molecule has 23 heavy (non-hydrogen) atoms. The molecular formula is C18H17FN2O2. The van der Waals surface area contributed by atoms with Crippen molar-refractivity contribution in [3.8, 4) is 5.75 Å². The Morgan fingerprint density at radius 3 is 2.70 bits per heavy atom. The number of ether oxygens (including phenoxy) is 1. The van der Waals surface area contributed by atoms with Gasteiger partial charge in [0.15, 0.2) is 0 Å². The Kier molecular flexibility index (Phi) is 4.28. The number of amides is 1. The molecule has 0 aliphatic rings. The van der Waals surface area contributed by atoms with E-state index in [9.17, 15) is 9.18 Å². The van der Waals surface area contributed by atoms with Crippen LogP contribution in [0.15, 0.2) is 48.5 Å². The maximum Gasteiger partial charge on any atom is 0.267 e. The maximum atomic E-state index is 13.2. The second-order valence-corrected chi connectivity index (χ2v) is 5.27. The lowest BCUT2D eigenvalue weighted by molar-refractivity contribution is 0.0950. The van der Waals surface area contributed by atoms with Gasteiger partial charge in [-0.25, -0.2) is 4.39 Å². The minimum Gasteiger partial charge on any atom is -0.497 e. The van der Waals surface area contributed by atoms with Gasteiger partial charge in [0.2, 0.25) is 0 Å². The third kappa shape index (κ3) is 3.51. The molecule has 0 fully saturated rings. The van der Waals surface area contributed by atoms with Crippen LogP contribution in [0.3, 0.4) is 0 Å². The number of H-pyrrole nitrogens is 1. The third-order valence-corrected chi connectivity index (χ3v) is 3.69. The molecule has 0 unspecified atom stereocenters. The van der Waals surface area contributed by atoms with Crippen molar-refractivity contribution in [3.63, 3.8) is 0 Å². The van der Waals surface area contributed by atoms with E-state index < -0.39 is 0 Å². The lowest BCUT2D eigenvalue weighted by Crippen LogP contribution is -2.25. The smallest absolute Gasteiger partial charge is 0.267 e. The Morgan fingerprint density at radius 1 is 1.17 bits per heavy atom. The van der Waals surface area contributed by atoms with Gasteiger partial charge in [0.25, 0.3) is 5.91 Å². The zero-order valence-corrected chi connectivity index (χ0v) is 12.7. The fourth-order valence-corrected chi connectivity index (χ4v) is 2.43. The van der Waals surface area contributed by atoms with Gasteiger partial charge in [0, 0.05) is 17.4 Å². The Bertz CT molecular complexity index is 825. The number of hydrogen-bond acceptors (Lipinski definition) is 2. The Morgan fingerprint density at radius 2 is 1.96 bits per heavy atom. The molecular weight excluding hydrogens is 295 g/mol. The highest BCUT2D eigenvalue weighted by molar-refractivity contribution is 5.97. The number of nitrogens with one attached hydrogen (secondary N) is 2. The molecule has 2 aromatic carbocycles. The number of fused-ring (bicyclic) bond motifs is 1. The normalized spacial score (nSPS) is 10.7. The molecule has 3 rings (SSSR count). The maximum absolute atomic E-state index is 13.2. The van der Waals surface area contributed by atoms with Gasteiger partial charge in [-0.05, 0) is 48.4 Å². The van der Waals surface area contributed by atoms with Crippen LogP contribution in [-0.2, 0) is 6.42 Å². The number of methoxy groups -OCH3 is 1. The summed E-state index contributed by atoms with van der Waals surface area (Å²) >= 11 is 0. The molecule has 1 amide bonds. The summed E-state index contributed by atoms with van der Waals surface area (Å²) < 4.78 is 18.3. The zero-order chi connectivity index (χ0) is 16.2. The summed E-state index contributed by atoms with van der Waals surface area (Å²) in [7, 11) is 1.63. The number of halogens is 1. The molecule has 3 aromatic rings. The highest BCUT2D eigenvalue weighted by Gasteiger charge is 2.09. The van der Waals surface area contributed by atoms with Gasteiger partial charge in [-0.15, -0.1) is 0 Å². The molecule has 0 aliphatic carbocycles. The van der Waals surface area contributed by atoms with Crippen molar-refractivity contribution in [1.29, 1.82) is 0 Å². The quantitative estimate of drug-likeness (QED) is 0.759. The van der Waals surface area contributed by atoms with E-state index in [1.165, 1.54) is 12.1 Å². The minimum absolute atomic E-state index is 0.199. The average Bonchev–Trinajstić information content (AvgIpc) is 2.98. The summed E-state index contributed by atoms with van der Waals surface area (Å²) in [6.07, 6.45) is 0.727. The van der Waals surface area contributed by atoms with E-state index in [1.54, 1.807) is 19.2 Å². The van der Waals surface area contributed by atoms with Gasteiger partial charge in [-0.3, -0.25) is 4.79 Å². The first-order chi connectivity index (χ1) is 11.2. The fraction of sp³-hybridized carbons (Fsp3) is 0.167. The topological polar surface area (TPSA) is 54.1 Å². The summed E-state index contributed by atoms with van der Waals surface area (Å²) in [5.41, 5.74) is 2.16. The minimum atomic E-state index is -0.328. The van der Waals surface area contributed by atoms with Crippen LogP contribution in [0.2, 0.25) is 0 Å². The van der Waals surface area contributed by atoms with Crippen molar-refractivity contribution in [3.05, 3.63) is 65.6 Å². The second-order valence-electron chi connectivity index (χ2n) is 5.27. The van der Waals surface area contributed by atoms with E-state index in [0.29, 0.717) is 17.8 Å². The van der Waals surface area contributed by atoms with Crippen molar-refractivity contribution >= 4 is 16.8 Å². The summed E-state index contributed by atoms with van der Waals surface area (Å²) in [6, 6.07) is 13.8. The van der Waals surface area contributed by atoms with Gasteiger partial charge in [-0.2, -0.15) is 0 Å². The Balaban J connectivity index is 1.59. The van der Waals surface area contributed by atoms with Crippen LogP contribution >= 0.6 is 0 Å². The fourth-order valence-electron chi connectivity index (χ4n) is 2.43. The molecule has 0 radical (unpaired) electrons. The lowest BCUT2D eigenvalue weighted by Gasteiger charge is -2.05. The number of aromatic nitrogens is 1. The molecule has 0 spiro atoms. The molecule has 0 bridgehead atoms. The molecule has 0 saturated heterocycles.